The Morgan fingerprint density at radius 2 is 1.65 bits per heavy atom. The molecule has 0 aromatic heterocycles. The predicted molar refractivity (Wildman–Crippen MR) is 99.0 cm³/mol. The van der Waals surface area contributed by atoms with E-state index in [4.69, 9.17) is 0 Å². The summed E-state index contributed by atoms with van der Waals surface area (Å²) in [4.78, 5) is 24.9. The van der Waals surface area contributed by atoms with Crippen LogP contribution in [0, 0.1) is 0 Å². The predicted octanol–water partition coefficient (Wildman–Crippen LogP) is 2.12. The third-order valence-corrected chi connectivity index (χ3v) is 7.07. The monoisotopic (exact) mass is 378 g/mol. The van der Waals surface area contributed by atoms with Gasteiger partial charge in [0, 0.05) is 32.5 Å². The van der Waals surface area contributed by atoms with Crippen molar-refractivity contribution in [1.82, 2.24) is 9.21 Å². The molecule has 2 aliphatic rings. The van der Waals surface area contributed by atoms with Gasteiger partial charge in [-0.25, -0.2) is 12.7 Å². The van der Waals surface area contributed by atoms with Crippen LogP contribution in [0.25, 0.3) is 0 Å². The number of likely N-dealkylation sites (tertiary alicyclic amines) is 1. The summed E-state index contributed by atoms with van der Waals surface area (Å²) in [6, 6.07) is 10.0. The highest BCUT2D eigenvalue weighted by atomic mass is 32.2. The van der Waals surface area contributed by atoms with Crippen LogP contribution in [-0.4, -0.2) is 54.8 Å². The van der Waals surface area contributed by atoms with Crippen molar-refractivity contribution < 1.29 is 18.0 Å². The lowest BCUT2D eigenvalue weighted by Gasteiger charge is -2.27. The zero-order chi connectivity index (χ0) is 18.6. The number of imide groups is 1. The Hall–Kier alpha value is -1.73. The first-order valence-corrected chi connectivity index (χ1v) is 10.9. The maximum atomic E-state index is 12.8. The summed E-state index contributed by atoms with van der Waals surface area (Å²) in [5, 5.41) is 0. The van der Waals surface area contributed by atoms with Gasteiger partial charge in [-0.15, -0.1) is 0 Å². The molecule has 2 amide bonds. The number of hydrogen-bond acceptors (Lipinski definition) is 4. The third-order valence-electron chi connectivity index (χ3n) is 5.25. The molecule has 3 rings (SSSR count). The molecule has 7 heteroatoms. The molecule has 6 nitrogen and oxygen atoms in total. The van der Waals surface area contributed by atoms with Crippen LogP contribution in [0.1, 0.15) is 50.0 Å². The first-order chi connectivity index (χ1) is 12.5. The zero-order valence-electron chi connectivity index (χ0n) is 15.0. The number of benzene rings is 1. The fourth-order valence-corrected chi connectivity index (χ4v) is 5.23. The molecule has 1 unspecified atom stereocenters. The minimum Gasteiger partial charge on any atom is -0.282 e. The third kappa shape index (κ3) is 4.51. The summed E-state index contributed by atoms with van der Waals surface area (Å²) in [7, 11) is -3.51. The van der Waals surface area contributed by atoms with E-state index in [1.807, 2.05) is 30.3 Å². The summed E-state index contributed by atoms with van der Waals surface area (Å²) in [5.41, 5.74) is 1.16. The summed E-state index contributed by atoms with van der Waals surface area (Å²) >= 11 is 0. The quantitative estimate of drug-likeness (QED) is 0.736. The molecule has 0 N–H and O–H groups in total. The van der Waals surface area contributed by atoms with E-state index in [0.29, 0.717) is 32.4 Å². The van der Waals surface area contributed by atoms with Gasteiger partial charge in [-0.2, -0.15) is 0 Å². The van der Waals surface area contributed by atoms with Crippen molar-refractivity contribution in [1.29, 1.82) is 0 Å². The molecule has 0 saturated carbocycles. The van der Waals surface area contributed by atoms with E-state index in [1.165, 1.54) is 0 Å². The first kappa shape index (κ1) is 19.0. The molecular formula is C19H26N2O4S. The van der Waals surface area contributed by atoms with E-state index < -0.39 is 10.0 Å². The second-order valence-electron chi connectivity index (χ2n) is 7.07. The number of hydrogen-bond donors (Lipinski definition) is 0. The SMILES string of the molecule is O=C1CCCC(=O)N1CCS(=O)(=O)N1CCCCC(c2ccccc2)C1. The van der Waals surface area contributed by atoms with Gasteiger partial charge in [-0.05, 0) is 30.7 Å². The maximum Gasteiger partial charge on any atom is 0.229 e. The Kier molecular flexibility index (Phi) is 6.09. The van der Waals surface area contributed by atoms with E-state index in [1.54, 1.807) is 4.31 Å². The molecule has 26 heavy (non-hydrogen) atoms. The van der Waals surface area contributed by atoms with Crippen molar-refractivity contribution in [3.05, 3.63) is 35.9 Å². The van der Waals surface area contributed by atoms with Crippen molar-refractivity contribution in [3.8, 4) is 0 Å². The summed E-state index contributed by atoms with van der Waals surface area (Å²) in [6.45, 7) is 0.939. The normalized spacial score (nSPS) is 23.1. The van der Waals surface area contributed by atoms with Crippen molar-refractivity contribution in [2.75, 3.05) is 25.4 Å². The van der Waals surface area contributed by atoms with Crippen molar-refractivity contribution in [2.45, 2.75) is 44.4 Å². The molecule has 1 aromatic rings. The molecule has 0 spiro atoms. The van der Waals surface area contributed by atoms with Crippen molar-refractivity contribution in [2.24, 2.45) is 0 Å². The minimum absolute atomic E-state index is 0.0352. The van der Waals surface area contributed by atoms with Gasteiger partial charge < -0.3 is 0 Å². The fraction of sp³-hybridized carbons (Fsp3) is 0.579. The molecule has 2 aliphatic heterocycles. The fourth-order valence-electron chi connectivity index (χ4n) is 3.74. The molecule has 0 bridgehead atoms. The van der Waals surface area contributed by atoms with E-state index in [9.17, 15) is 18.0 Å². The van der Waals surface area contributed by atoms with Crippen molar-refractivity contribution >= 4 is 21.8 Å². The summed E-state index contributed by atoms with van der Waals surface area (Å²) < 4.78 is 27.2. The van der Waals surface area contributed by atoms with E-state index >= 15 is 0 Å². The van der Waals surface area contributed by atoms with Crippen LogP contribution < -0.4 is 0 Å². The van der Waals surface area contributed by atoms with E-state index in [-0.39, 0.29) is 30.0 Å². The number of carbonyl (C=O) groups is 2. The lowest BCUT2D eigenvalue weighted by molar-refractivity contribution is -0.147. The number of sulfonamides is 1. The van der Waals surface area contributed by atoms with Gasteiger partial charge in [0.05, 0.1) is 5.75 Å². The standard InChI is InChI=1S/C19H26N2O4S/c22-18-10-6-11-19(23)21(18)13-14-26(24,25)20-12-5-4-9-17(15-20)16-7-2-1-3-8-16/h1-3,7-8,17H,4-6,9-15H2. The van der Waals surface area contributed by atoms with Crippen LogP contribution in [0.5, 0.6) is 0 Å². The van der Waals surface area contributed by atoms with Crippen LogP contribution in [0.3, 0.4) is 0 Å². The molecule has 1 atom stereocenters. The van der Waals surface area contributed by atoms with Crippen LogP contribution in [0.4, 0.5) is 0 Å². The zero-order valence-corrected chi connectivity index (χ0v) is 15.8. The highest BCUT2D eigenvalue weighted by molar-refractivity contribution is 7.89. The summed E-state index contributed by atoms with van der Waals surface area (Å²) in [5.74, 6) is -0.512. The molecule has 1 aromatic carbocycles. The van der Waals surface area contributed by atoms with Gasteiger partial charge in [0.15, 0.2) is 0 Å². The van der Waals surface area contributed by atoms with Gasteiger partial charge >= 0.3 is 0 Å². The Morgan fingerprint density at radius 3 is 2.35 bits per heavy atom. The number of amides is 2. The molecule has 0 radical (unpaired) electrons. The maximum absolute atomic E-state index is 12.8. The number of carbonyl (C=O) groups excluding carboxylic acids is 2. The number of nitrogens with zero attached hydrogens (tertiary/aromatic N) is 2. The van der Waals surface area contributed by atoms with Crippen LogP contribution in [0.2, 0.25) is 0 Å². The van der Waals surface area contributed by atoms with Gasteiger partial charge in [0.1, 0.15) is 0 Å². The highest BCUT2D eigenvalue weighted by Crippen LogP contribution is 2.27. The largest absolute Gasteiger partial charge is 0.282 e. The molecule has 2 saturated heterocycles. The van der Waals surface area contributed by atoms with Gasteiger partial charge in [-0.3, -0.25) is 14.5 Å². The molecule has 2 heterocycles. The Balaban J connectivity index is 1.67. The van der Waals surface area contributed by atoms with E-state index in [0.717, 1.165) is 29.7 Å². The minimum atomic E-state index is -3.51. The van der Waals surface area contributed by atoms with Gasteiger partial charge in [-0.1, -0.05) is 36.8 Å². The average molecular weight is 378 g/mol. The average Bonchev–Trinajstić information content (AvgIpc) is 2.89. The van der Waals surface area contributed by atoms with E-state index in [2.05, 4.69) is 0 Å². The Labute approximate surface area is 155 Å². The van der Waals surface area contributed by atoms with Crippen LogP contribution in [0.15, 0.2) is 30.3 Å². The number of rotatable bonds is 5. The summed E-state index contributed by atoms with van der Waals surface area (Å²) in [6.07, 6.45) is 4.01. The van der Waals surface area contributed by atoms with Crippen LogP contribution in [-0.2, 0) is 19.6 Å². The number of piperidine rings is 1. The van der Waals surface area contributed by atoms with Crippen LogP contribution >= 0.6 is 0 Å². The second kappa shape index (κ2) is 8.31. The molecule has 2 fully saturated rings. The smallest absolute Gasteiger partial charge is 0.229 e. The van der Waals surface area contributed by atoms with Crippen molar-refractivity contribution in [3.63, 3.8) is 0 Å². The Bertz CT molecular complexity index is 732. The first-order valence-electron chi connectivity index (χ1n) is 9.33. The Morgan fingerprint density at radius 1 is 0.962 bits per heavy atom. The lowest BCUT2D eigenvalue weighted by atomic mass is 9.95. The topological polar surface area (TPSA) is 74.8 Å². The molecule has 142 valence electrons. The second-order valence-corrected chi connectivity index (χ2v) is 9.16. The van der Waals surface area contributed by atoms with Gasteiger partial charge in [0.2, 0.25) is 21.8 Å². The van der Waals surface area contributed by atoms with Gasteiger partial charge in [0.25, 0.3) is 0 Å². The lowest BCUT2D eigenvalue weighted by Crippen LogP contribution is -2.45. The highest BCUT2D eigenvalue weighted by Gasteiger charge is 2.31. The molecular weight excluding hydrogens is 352 g/mol. The molecule has 0 aliphatic carbocycles.